The van der Waals surface area contributed by atoms with Crippen LogP contribution in [0.4, 0.5) is 22.0 Å². The Bertz CT molecular complexity index is 679. The number of aromatic nitrogens is 3. The number of hydrogen-bond acceptors (Lipinski definition) is 2. The number of nitrogens with zero attached hydrogens (tertiary/aromatic N) is 3. The van der Waals surface area contributed by atoms with Gasteiger partial charge in [-0.2, -0.15) is 22.0 Å². The highest BCUT2D eigenvalue weighted by atomic mass is 19.4. The van der Waals surface area contributed by atoms with Gasteiger partial charge in [-0.25, -0.2) is 9.97 Å². The molecule has 0 fully saturated rings. The summed E-state index contributed by atoms with van der Waals surface area (Å²) >= 11 is 0. The third kappa shape index (κ3) is 2.47. The summed E-state index contributed by atoms with van der Waals surface area (Å²) in [5, 5.41) is 0. The van der Waals surface area contributed by atoms with Gasteiger partial charge < -0.3 is 0 Å². The van der Waals surface area contributed by atoms with E-state index in [0.29, 0.717) is 17.5 Å². The SMILES string of the molecule is Cc1c(C(C)(C)C)nc2cc(C(F)(F)C(F)(F)F)ncn12. The van der Waals surface area contributed by atoms with Crippen LogP contribution in [0.3, 0.4) is 0 Å². The lowest BCUT2D eigenvalue weighted by Gasteiger charge is -2.18. The van der Waals surface area contributed by atoms with Crippen LogP contribution in [0.15, 0.2) is 12.4 Å². The quantitative estimate of drug-likeness (QED) is 0.746. The maximum Gasteiger partial charge on any atom is 0.459 e. The van der Waals surface area contributed by atoms with Crippen molar-refractivity contribution in [2.75, 3.05) is 0 Å². The first kappa shape index (κ1) is 15.7. The van der Waals surface area contributed by atoms with Crippen LogP contribution in [0.25, 0.3) is 5.65 Å². The Hall–Kier alpha value is -1.73. The molecule has 0 radical (unpaired) electrons. The summed E-state index contributed by atoms with van der Waals surface area (Å²) in [5.41, 5.74) is -0.411. The highest BCUT2D eigenvalue weighted by Crippen LogP contribution is 2.43. The van der Waals surface area contributed by atoms with Gasteiger partial charge in [0, 0.05) is 17.2 Å². The second-order valence-corrected chi connectivity index (χ2v) is 5.87. The monoisotopic (exact) mass is 307 g/mol. The molecule has 0 amide bonds. The van der Waals surface area contributed by atoms with E-state index in [4.69, 9.17) is 0 Å². The van der Waals surface area contributed by atoms with Crippen molar-refractivity contribution in [2.24, 2.45) is 0 Å². The average Bonchev–Trinajstić information content (AvgIpc) is 2.64. The molecule has 0 unspecified atom stereocenters. The van der Waals surface area contributed by atoms with Crippen molar-refractivity contribution in [1.29, 1.82) is 0 Å². The van der Waals surface area contributed by atoms with Gasteiger partial charge >= 0.3 is 12.1 Å². The van der Waals surface area contributed by atoms with E-state index in [0.717, 1.165) is 6.33 Å². The molecular formula is C13H14F5N3. The molecule has 8 heteroatoms. The van der Waals surface area contributed by atoms with Crippen LogP contribution in [0.5, 0.6) is 0 Å². The summed E-state index contributed by atoms with van der Waals surface area (Å²) in [6, 6.07) is 0.676. The molecular weight excluding hydrogens is 293 g/mol. The minimum absolute atomic E-state index is 0.0198. The van der Waals surface area contributed by atoms with E-state index in [1.165, 1.54) is 4.40 Å². The summed E-state index contributed by atoms with van der Waals surface area (Å²) in [6.07, 6.45) is -4.74. The standard InChI is InChI=1S/C13H14F5N3/c1-7-10(11(2,3)4)20-9-5-8(19-6-21(7)9)12(14,15)13(16,17)18/h5-6H,1-4H3. The molecule has 116 valence electrons. The number of rotatable bonds is 1. The second-order valence-electron chi connectivity index (χ2n) is 5.87. The maximum absolute atomic E-state index is 13.3. The van der Waals surface area contributed by atoms with Gasteiger partial charge in [0.1, 0.15) is 17.7 Å². The van der Waals surface area contributed by atoms with Crippen molar-refractivity contribution in [3.8, 4) is 0 Å². The minimum atomic E-state index is -5.69. The van der Waals surface area contributed by atoms with E-state index in [9.17, 15) is 22.0 Å². The van der Waals surface area contributed by atoms with E-state index in [1.54, 1.807) is 6.92 Å². The lowest BCUT2D eigenvalue weighted by molar-refractivity contribution is -0.290. The van der Waals surface area contributed by atoms with Crippen molar-refractivity contribution in [3.05, 3.63) is 29.5 Å². The normalized spacial score (nSPS) is 14.0. The third-order valence-electron chi connectivity index (χ3n) is 3.14. The molecule has 0 saturated carbocycles. The fourth-order valence-corrected chi connectivity index (χ4v) is 2.09. The van der Waals surface area contributed by atoms with Crippen LogP contribution in [-0.2, 0) is 11.3 Å². The summed E-state index contributed by atoms with van der Waals surface area (Å²) < 4.78 is 65.1. The zero-order valence-electron chi connectivity index (χ0n) is 11.9. The highest BCUT2D eigenvalue weighted by molar-refractivity contribution is 5.46. The summed E-state index contributed by atoms with van der Waals surface area (Å²) in [7, 11) is 0. The molecule has 0 spiro atoms. The molecule has 0 aromatic carbocycles. The Morgan fingerprint density at radius 3 is 2.10 bits per heavy atom. The third-order valence-corrected chi connectivity index (χ3v) is 3.14. The number of aryl methyl sites for hydroxylation is 1. The molecule has 0 aliphatic carbocycles. The smallest absolute Gasteiger partial charge is 0.287 e. The Labute approximate surface area is 117 Å². The molecule has 0 bridgehead atoms. The first-order valence-corrected chi connectivity index (χ1v) is 6.16. The molecule has 2 heterocycles. The minimum Gasteiger partial charge on any atom is -0.287 e. The van der Waals surface area contributed by atoms with Crippen molar-refractivity contribution >= 4 is 5.65 Å². The van der Waals surface area contributed by atoms with Crippen molar-refractivity contribution in [2.45, 2.75) is 45.2 Å². The Kier molecular flexibility index (Phi) is 3.27. The van der Waals surface area contributed by atoms with Crippen LogP contribution in [0.1, 0.15) is 37.9 Å². The van der Waals surface area contributed by atoms with Gasteiger partial charge in [0.2, 0.25) is 0 Å². The first-order chi connectivity index (χ1) is 9.35. The van der Waals surface area contributed by atoms with Crippen LogP contribution in [-0.4, -0.2) is 20.5 Å². The first-order valence-electron chi connectivity index (χ1n) is 6.16. The average molecular weight is 307 g/mol. The summed E-state index contributed by atoms with van der Waals surface area (Å²) in [5.74, 6) is -5.00. The van der Waals surface area contributed by atoms with Gasteiger partial charge in [0.15, 0.2) is 0 Å². The number of fused-ring (bicyclic) bond motifs is 1. The number of halogens is 5. The van der Waals surface area contributed by atoms with Gasteiger partial charge in [-0.1, -0.05) is 20.8 Å². The highest BCUT2D eigenvalue weighted by Gasteiger charge is 2.60. The van der Waals surface area contributed by atoms with Crippen LogP contribution < -0.4 is 0 Å². The number of hydrogen-bond donors (Lipinski definition) is 0. The molecule has 0 aliphatic heterocycles. The largest absolute Gasteiger partial charge is 0.459 e. The number of imidazole rings is 1. The molecule has 2 aromatic rings. The molecule has 3 nitrogen and oxygen atoms in total. The molecule has 2 rings (SSSR count). The summed E-state index contributed by atoms with van der Waals surface area (Å²) in [4.78, 5) is 7.42. The van der Waals surface area contributed by atoms with Crippen LogP contribution in [0, 0.1) is 6.92 Å². The molecule has 0 aliphatic rings. The van der Waals surface area contributed by atoms with Gasteiger partial charge in [-0.15, -0.1) is 0 Å². The topological polar surface area (TPSA) is 30.2 Å². The summed E-state index contributed by atoms with van der Waals surface area (Å²) in [6.45, 7) is 7.34. The predicted octanol–water partition coefficient (Wildman–Crippen LogP) is 3.99. The van der Waals surface area contributed by atoms with Gasteiger partial charge in [-0.05, 0) is 6.92 Å². The van der Waals surface area contributed by atoms with Crippen molar-refractivity contribution in [1.82, 2.24) is 14.4 Å². The number of alkyl halides is 5. The van der Waals surface area contributed by atoms with Gasteiger partial charge in [0.25, 0.3) is 0 Å². The van der Waals surface area contributed by atoms with Gasteiger partial charge in [0.05, 0.1) is 5.69 Å². The van der Waals surface area contributed by atoms with E-state index in [-0.39, 0.29) is 11.1 Å². The fourth-order valence-electron chi connectivity index (χ4n) is 2.09. The van der Waals surface area contributed by atoms with Crippen LogP contribution >= 0.6 is 0 Å². The Morgan fingerprint density at radius 1 is 1.05 bits per heavy atom. The molecule has 2 aromatic heterocycles. The van der Waals surface area contributed by atoms with E-state index < -0.39 is 17.8 Å². The second kappa shape index (κ2) is 4.38. The fraction of sp³-hybridized carbons (Fsp3) is 0.538. The van der Waals surface area contributed by atoms with Crippen LogP contribution in [0.2, 0.25) is 0 Å². The van der Waals surface area contributed by atoms with E-state index in [2.05, 4.69) is 9.97 Å². The molecule has 0 atom stereocenters. The Morgan fingerprint density at radius 2 is 1.62 bits per heavy atom. The molecule has 0 N–H and O–H groups in total. The van der Waals surface area contributed by atoms with Crippen molar-refractivity contribution in [3.63, 3.8) is 0 Å². The van der Waals surface area contributed by atoms with Crippen molar-refractivity contribution < 1.29 is 22.0 Å². The predicted molar refractivity (Wildman–Crippen MR) is 66.4 cm³/mol. The Balaban J connectivity index is 2.64. The van der Waals surface area contributed by atoms with Gasteiger partial charge in [-0.3, -0.25) is 4.40 Å². The zero-order valence-corrected chi connectivity index (χ0v) is 11.9. The zero-order chi connectivity index (χ0) is 16.2. The molecule has 21 heavy (non-hydrogen) atoms. The lowest BCUT2D eigenvalue weighted by Crippen LogP contribution is -2.34. The maximum atomic E-state index is 13.3. The lowest BCUT2D eigenvalue weighted by atomic mass is 9.91. The molecule has 0 saturated heterocycles. The van der Waals surface area contributed by atoms with E-state index in [1.807, 2.05) is 20.8 Å². The van der Waals surface area contributed by atoms with E-state index >= 15 is 0 Å².